The zero-order chi connectivity index (χ0) is 15.1. The molecule has 0 atom stereocenters. The Morgan fingerprint density at radius 1 is 1.29 bits per heavy atom. The summed E-state index contributed by atoms with van der Waals surface area (Å²) in [7, 11) is 0. The molecule has 0 aliphatic heterocycles. The Hall–Kier alpha value is -2.14. The van der Waals surface area contributed by atoms with Crippen molar-refractivity contribution < 1.29 is 4.74 Å². The first kappa shape index (κ1) is 15.3. The van der Waals surface area contributed by atoms with Gasteiger partial charge in [-0.25, -0.2) is 4.98 Å². The molecule has 0 fully saturated rings. The first-order valence-corrected chi connectivity index (χ1v) is 7.22. The van der Waals surface area contributed by atoms with E-state index in [1.807, 2.05) is 18.2 Å². The fraction of sp³-hybridized carbons (Fsp3) is 0.375. The first-order chi connectivity index (χ1) is 10.2. The van der Waals surface area contributed by atoms with Crippen molar-refractivity contribution in [2.45, 2.75) is 26.2 Å². The second-order valence-electron chi connectivity index (χ2n) is 4.78. The van der Waals surface area contributed by atoms with Crippen LogP contribution in [0.4, 0.5) is 0 Å². The number of para-hydroxylation sites is 1. The van der Waals surface area contributed by atoms with Crippen LogP contribution in [0.25, 0.3) is 0 Å². The van der Waals surface area contributed by atoms with Crippen LogP contribution in [-0.4, -0.2) is 23.1 Å². The Labute approximate surface area is 124 Å². The molecule has 0 radical (unpaired) electrons. The summed E-state index contributed by atoms with van der Waals surface area (Å²) in [5, 5.41) is 0. The van der Waals surface area contributed by atoms with E-state index in [0.29, 0.717) is 31.8 Å². The average molecular weight is 287 g/mol. The van der Waals surface area contributed by atoms with E-state index in [-0.39, 0.29) is 5.56 Å². The largest absolute Gasteiger partial charge is 0.493 e. The van der Waals surface area contributed by atoms with Crippen molar-refractivity contribution >= 4 is 0 Å². The van der Waals surface area contributed by atoms with Crippen molar-refractivity contribution in [2.75, 3.05) is 13.2 Å². The highest BCUT2D eigenvalue weighted by atomic mass is 16.5. The average Bonchev–Trinajstić information content (AvgIpc) is 2.47. The van der Waals surface area contributed by atoms with Crippen molar-refractivity contribution in [1.82, 2.24) is 9.97 Å². The molecule has 5 heteroatoms. The number of nitrogens with one attached hydrogen (secondary N) is 1. The smallest absolute Gasteiger partial charge is 0.251 e. The van der Waals surface area contributed by atoms with Crippen LogP contribution in [0.5, 0.6) is 5.75 Å². The summed E-state index contributed by atoms with van der Waals surface area (Å²) in [5.74, 6) is 1.53. The SMILES string of the molecule is CCc1ccccc1OCCc1nc(CCN)cc(=O)[nH]1. The van der Waals surface area contributed by atoms with Gasteiger partial charge in [0.1, 0.15) is 11.6 Å². The normalized spacial score (nSPS) is 10.6. The Balaban J connectivity index is 1.98. The van der Waals surface area contributed by atoms with Crippen LogP contribution in [0.1, 0.15) is 24.0 Å². The van der Waals surface area contributed by atoms with E-state index in [4.69, 9.17) is 10.5 Å². The summed E-state index contributed by atoms with van der Waals surface area (Å²) < 4.78 is 5.78. The Bertz CT molecular complexity index is 637. The van der Waals surface area contributed by atoms with Gasteiger partial charge in [0.15, 0.2) is 0 Å². The molecule has 0 unspecified atom stereocenters. The van der Waals surface area contributed by atoms with E-state index >= 15 is 0 Å². The predicted molar refractivity (Wildman–Crippen MR) is 82.6 cm³/mol. The van der Waals surface area contributed by atoms with Gasteiger partial charge in [-0.3, -0.25) is 4.79 Å². The van der Waals surface area contributed by atoms with Gasteiger partial charge < -0.3 is 15.5 Å². The molecule has 21 heavy (non-hydrogen) atoms. The number of H-pyrrole nitrogens is 1. The van der Waals surface area contributed by atoms with E-state index in [0.717, 1.165) is 17.9 Å². The van der Waals surface area contributed by atoms with Crippen LogP contribution in [0.3, 0.4) is 0 Å². The fourth-order valence-corrected chi connectivity index (χ4v) is 2.15. The van der Waals surface area contributed by atoms with Crippen LogP contribution in [0, 0.1) is 0 Å². The molecule has 112 valence electrons. The van der Waals surface area contributed by atoms with E-state index in [1.54, 1.807) is 0 Å². The summed E-state index contributed by atoms with van der Waals surface area (Å²) in [6, 6.07) is 9.46. The van der Waals surface area contributed by atoms with Crippen LogP contribution in [0.15, 0.2) is 35.1 Å². The van der Waals surface area contributed by atoms with E-state index in [1.165, 1.54) is 11.6 Å². The molecule has 0 bridgehead atoms. The summed E-state index contributed by atoms with van der Waals surface area (Å²) in [5.41, 5.74) is 7.25. The lowest BCUT2D eigenvalue weighted by Gasteiger charge is -2.10. The molecule has 0 saturated carbocycles. The molecule has 1 aromatic carbocycles. The minimum Gasteiger partial charge on any atom is -0.493 e. The molecule has 2 rings (SSSR count). The van der Waals surface area contributed by atoms with E-state index in [2.05, 4.69) is 23.0 Å². The van der Waals surface area contributed by atoms with Crippen molar-refractivity contribution in [3.63, 3.8) is 0 Å². The Morgan fingerprint density at radius 2 is 2.10 bits per heavy atom. The van der Waals surface area contributed by atoms with Gasteiger partial charge in [-0.05, 0) is 24.6 Å². The van der Waals surface area contributed by atoms with Crippen LogP contribution >= 0.6 is 0 Å². The quantitative estimate of drug-likeness (QED) is 0.807. The highest BCUT2D eigenvalue weighted by Crippen LogP contribution is 2.18. The minimum atomic E-state index is -0.141. The molecular formula is C16H21N3O2. The molecule has 2 aromatic rings. The van der Waals surface area contributed by atoms with E-state index < -0.39 is 0 Å². The fourth-order valence-electron chi connectivity index (χ4n) is 2.15. The maximum atomic E-state index is 11.5. The van der Waals surface area contributed by atoms with Gasteiger partial charge in [0.05, 0.1) is 6.61 Å². The molecule has 5 nitrogen and oxygen atoms in total. The third-order valence-electron chi connectivity index (χ3n) is 3.19. The Morgan fingerprint density at radius 3 is 2.86 bits per heavy atom. The number of hydrogen-bond donors (Lipinski definition) is 2. The topological polar surface area (TPSA) is 81.0 Å². The molecular weight excluding hydrogens is 266 g/mol. The first-order valence-electron chi connectivity index (χ1n) is 7.22. The minimum absolute atomic E-state index is 0.141. The Kier molecular flexibility index (Phi) is 5.51. The van der Waals surface area contributed by atoms with Crippen molar-refractivity contribution in [3.05, 3.63) is 57.8 Å². The summed E-state index contributed by atoms with van der Waals surface area (Å²) in [4.78, 5) is 18.7. The molecule has 3 N–H and O–H groups in total. The molecule has 0 aliphatic carbocycles. The third kappa shape index (κ3) is 4.43. The number of rotatable bonds is 7. The van der Waals surface area contributed by atoms with Gasteiger partial charge in [0, 0.05) is 24.6 Å². The van der Waals surface area contributed by atoms with Gasteiger partial charge >= 0.3 is 0 Å². The monoisotopic (exact) mass is 287 g/mol. The number of aryl methyl sites for hydroxylation is 1. The maximum absolute atomic E-state index is 11.5. The van der Waals surface area contributed by atoms with Crippen molar-refractivity contribution in [2.24, 2.45) is 5.73 Å². The molecule has 0 saturated heterocycles. The zero-order valence-corrected chi connectivity index (χ0v) is 12.3. The molecule has 0 spiro atoms. The van der Waals surface area contributed by atoms with Crippen LogP contribution < -0.4 is 16.0 Å². The summed E-state index contributed by atoms with van der Waals surface area (Å²) >= 11 is 0. The molecule has 1 heterocycles. The highest BCUT2D eigenvalue weighted by molar-refractivity contribution is 5.33. The van der Waals surface area contributed by atoms with E-state index in [9.17, 15) is 4.79 Å². The summed E-state index contributed by atoms with van der Waals surface area (Å²) in [6.45, 7) is 3.06. The van der Waals surface area contributed by atoms with Crippen LogP contribution in [-0.2, 0) is 19.3 Å². The highest BCUT2D eigenvalue weighted by Gasteiger charge is 2.04. The van der Waals surface area contributed by atoms with Crippen molar-refractivity contribution in [3.8, 4) is 5.75 Å². The maximum Gasteiger partial charge on any atom is 0.251 e. The van der Waals surface area contributed by atoms with Gasteiger partial charge in [-0.1, -0.05) is 25.1 Å². The van der Waals surface area contributed by atoms with Crippen LogP contribution in [0.2, 0.25) is 0 Å². The molecule has 0 aliphatic rings. The second kappa shape index (κ2) is 7.59. The lowest BCUT2D eigenvalue weighted by atomic mass is 10.1. The number of hydrogen-bond acceptors (Lipinski definition) is 4. The predicted octanol–water partition coefficient (Wildman–Crippen LogP) is 1.45. The van der Waals surface area contributed by atoms with Gasteiger partial charge in [-0.2, -0.15) is 0 Å². The summed E-state index contributed by atoms with van der Waals surface area (Å²) in [6.07, 6.45) is 2.10. The third-order valence-corrected chi connectivity index (χ3v) is 3.19. The number of aromatic nitrogens is 2. The number of benzene rings is 1. The standard InChI is InChI=1S/C16H21N3O2/c1-2-12-5-3-4-6-14(12)21-10-8-15-18-13(7-9-17)11-16(20)19-15/h3-6,11H,2,7-10,17H2,1H3,(H,18,19,20). The van der Waals surface area contributed by atoms with Crippen molar-refractivity contribution in [1.29, 1.82) is 0 Å². The number of ether oxygens (including phenoxy) is 1. The zero-order valence-electron chi connectivity index (χ0n) is 12.3. The lowest BCUT2D eigenvalue weighted by molar-refractivity contribution is 0.315. The lowest BCUT2D eigenvalue weighted by Crippen LogP contribution is -2.17. The molecule has 1 aromatic heterocycles. The number of nitrogens with zero attached hydrogens (tertiary/aromatic N) is 1. The molecule has 0 amide bonds. The number of aromatic amines is 1. The second-order valence-corrected chi connectivity index (χ2v) is 4.78. The number of nitrogens with two attached hydrogens (primary N) is 1. The van der Waals surface area contributed by atoms with Gasteiger partial charge in [0.25, 0.3) is 5.56 Å². The van der Waals surface area contributed by atoms with Gasteiger partial charge in [0.2, 0.25) is 0 Å². The van der Waals surface area contributed by atoms with Gasteiger partial charge in [-0.15, -0.1) is 0 Å².